The number of hydrogen-bond donors (Lipinski definition) is 2. The largest absolute Gasteiger partial charge is 0.351 e. The Morgan fingerprint density at radius 3 is 1.36 bits per heavy atom. The summed E-state index contributed by atoms with van der Waals surface area (Å²) in [6.07, 6.45) is 0. The summed E-state index contributed by atoms with van der Waals surface area (Å²) in [7, 11) is -9.75. The Bertz CT molecular complexity index is 280. The Morgan fingerprint density at radius 1 is 1.09 bits per heavy atom. The smallest absolute Gasteiger partial charge is 0.273 e. The summed E-state index contributed by atoms with van der Waals surface area (Å²) in [5.74, 6) is 0. The summed E-state index contributed by atoms with van der Waals surface area (Å²) in [6, 6.07) is 0. The maximum absolute atomic E-state index is 10.2. The van der Waals surface area contributed by atoms with E-state index >= 15 is 0 Å². The average Bonchev–Trinajstić information content (AvgIpc) is 1.56. The molecule has 0 aromatic rings. The van der Waals surface area contributed by atoms with Crippen molar-refractivity contribution in [3.05, 3.63) is 0 Å². The van der Waals surface area contributed by atoms with E-state index in [2.05, 4.69) is 0 Å². The molecule has 0 heterocycles. The molecule has 0 aromatic heterocycles. The molecule has 68 valence electrons. The Labute approximate surface area is 64.4 Å². The van der Waals surface area contributed by atoms with Gasteiger partial charge in [0.05, 0.1) is 0 Å². The van der Waals surface area contributed by atoms with Gasteiger partial charge in [0.15, 0.2) is 0 Å². The van der Waals surface area contributed by atoms with Crippen LogP contribution in [-0.4, -0.2) is 36.2 Å². The van der Waals surface area contributed by atoms with Gasteiger partial charge in [0.1, 0.15) is 0 Å². The zero-order chi connectivity index (χ0) is 9.28. The maximum atomic E-state index is 10.2. The molecule has 11 heavy (non-hydrogen) atoms. The van der Waals surface area contributed by atoms with E-state index < -0.39 is 30.9 Å². The van der Waals surface area contributed by atoms with Crippen LogP contribution in [0.15, 0.2) is 0 Å². The van der Waals surface area contributed by atoms with Gasteiger partial charge in [-0.1, -0.05) is 0 Å². The second-order valence-electron chi connectivity index (χ2n) is 1.54. The third-order valence-corrected chi connectivity index (χ3v) is 3.45. The van der Waals surface area contributed by atoms with Gasteiger partial charge in [-0.3, -0.25) is 9.11 Å². The van der Waals surface area contributed by atoms with Crippen LogP contribution >= 0.6 is 0 Å². The van der Waals surface area contributed by atoms with Crippen LogP contribution in [0.4, 0.5) is 0 Å². The van der Waals surface area contributed by atoms with Crippen LogP contribution in [0.3, 0.4) is 0 Å². The van der Waals surface area contributed by atoms with E-state index in [9.17, 15) is 16.8 Å². The van der Waals surface area contributed by atoms with Gasteiger partial charge in [-0.2, -0.15) is 16.8 Å². The van der Waals surface area contributed by atoms with E-state index in [1.54, 1.807) is 0 Å². The molecule has 0 radical (unpaired) electrons. The molecule has 0 aliphatic carbocycles. The molecule has 0 saturated carbocycles. The molecule has 2 N–H and O–H groups in total. The normalized spacial score (nSPS) is 13.8. The fourth-order valence-electron chi connectivity index (χ4n) is 0.445. The van der Waals surface area contributed by atoms with Crippen molar-refractivity contribution in [2.75, 3.05) is 6.54 Å². The quantitative estimate of drug-likeness (QED) is 0.566. The van der Waals surface area contributed by atoms with E-state index in [4.69, 9.17) is 9.11 Å². The molecule has 0 amide bonds. The predicted octanol–water partition coefficient (Wildman–Crippen LogP) is -1.09. The lowest BCUT2D eigenvalue weighted by Crippen LogP contribution is -2.35. The van der Waals surface area contributed by atoms with Crippen LogP contribution in [0.5, 0.6) is 0 Å². The predicted molar refractivity (Wildman–Crippen MR) is 35.5 cm³/mol. The molecule has 0 bridgehead atoms. The van der Waals surface area contributed by atoms with Crippen LogP contribution in [0.1, 0.15) is 6.92 Å². The zero-order valence-corrected chi connectivity index (χ0v) is 7.13. The van der Waals surface area contributed by atoms with Crippen LogP contribution in [0, 0.1) is 0 Å². The third-order valence-electron chi connectivity index (χ3n) is 0.773. The van der Waals surface area contributed by atoms with E-state index in [0.717, 1.165) is 6.92 Å². The topological polar surface area (TPSA) is 112 Å². The molecule has 7 nitrogen and oxygen atoms in total. The first-order chi connectivity index (χ1) is 4.69. The van der Waals surface area contributed by atoms with E-state index in [1.165, 1.54) is 0 Å². The van der Waals surface area contributed by atoms with Gasteiger partial charge in [-0.05, 0) is 10.6 Å². The maximum Gasteiger partial charge on any atom is 0.351 e. The van der Waals surface area contributed by atoms with Crippen LogP contribution in [0.2, 0.25) is 0 Å². The van der Waals surface area contributed by atoms with Gasteiger partial charge >= 0.3 is 20.6 Å². The van der Waals surface area contributed by atoms with Crippen molar-refractivity contribution in [3.8, 4) is 0 Å². The summed E-state index contributed by atoms with van der Waals surface area (Å²) in [4.78, 5) is 0. The third kappa shape index (κ3) is 3.12. The van der Waals surface area contributed by atoms with Crippen molar-refractivity contribution in [3.63, 3.8) is 0 Å². The molecule has 0 fully saturated rings. The van der Waals surface area contributed by atoms with Crippen molar-refractivity contribution in [1.29, 1.82) is 0 Å². The minimum absolute atomic E-state index is 0.444. The first-order valence-corrected chi connectivity index (χ1v) is 5.21. The van der Waals surface area contributed by atoms with Crippen molar-refractivity contribution in [2.45, 2.75) is 6.92 Å². The summed E-state index contributed by atoms with van der Waals surface area (Å²) in [5.41, 5.74) is 0. The van der Waals surface area contributed by atoms with Crippen LogP contribution < -0.4 is 0 Å². The van der Waals surface area contributed by atoms with Crippen molar-refractivity contribution >= 4 is 20.6 Å². The second kappa shape index (κ2) is 3.03. The molecule has 0 aromatic carbocycles. The molecule has 0 atom stereocenters. The van der Waals surface area contributed by atoms with Crippen LogP contribution in [0.25, 0.3) is 0 Å². The molecule has 0 rings (SSSR count). The molecule has 0 saturated heterocycles. The lowest BCUT2D eigenvalue weighted by Gasteiger charge is -2.10. The molecule has 0 spiro atoms. The highest BCUT2D eigenvalue weighted by Crippen LogP contribution is 2.02. The van der Waals surface area contributed by atoms with E-state index in [0.29, 0.717) is 0 Å². The average molecular weight is 205 g/mol. The minimum atomic E-state index is -4.88. The molecule has 0 aliphatic heterocycles. The second-order valence-corrected chi connectivity index (χ2v) is 4.45. The van der Waals surface area contributed by atoms with Crippen LogP contribution in [-0.2, 0) is 20.6 Å². The highest BCUT2D eigenvalue weighted by molar-refractivity contribution is 7.98. The summed E-state index contributed by atoms with van der Waals surface area (Å²) >= 11 is 0. The number of rotatable bonds is 3. The lowest BCUT2D eigenvalue weighted by molar-refractivity contribution is 0.389. The van der Waals surface area contributed by atoms with Crippen molar-refractivity contribution in [2.24, 2.45) is 0 Å². The van der Waals surface area contributed by atoms with Gasteiger partial charge in [-0.15, -0.1) is 0 Å². The van der Waals surface area contributed by atoms with Gasteiger partial charge in [0.2, 0.25) is 0 Å². The fourth-order valence-corrected chi connectivity index (χ4v) is 2.05. The lowest BCUT2D eigenvalue weighted by atomic mass is 10.8. The Balaban J connectivity index is 5.05. The van der Waals surface area contributed by atoms with Crippen molar-refractivity contribution in [1.82, 2.24) is 3.71 Å². The van der Waals surface area contributed by atoms with E-state index in [1.807, 2.05) is 0 Å². The molecular weight excluding hydrogens is 198 g/mol. The molecular formula is C2H7NO6S2. The highest BCUT2D eigenvalue weighted by atomic mass is 32.3. The first-order valence-electron chi connectivity index (χ1n) is 2.42. The summed E-state index contributed by atoms with van der Waals surface area (Å²) in [5, 5.41) is 0. The van der Waals surface area contributed by atoms with Gasteiger partial charge in [0.25, 0.3) is 0 Å². The van der Waals surface area contributed by atoms with Gasteiger partial charge in [0, 0.05) is 6.54 Å². The van der Waals surface area contributed by atoms with Crippen molar-refractivity contribution < 1.29 is 25.9 Å². The Morgan fingerprint density at radius 2 is 1.36 bits per heavy atom. The molecule has 9 heteroatoms. The number of nitrogens with zero attached hydrogens (tertiary/aromatic N) is 1. The standard InChI is InChI=1S/C2H7NO6S2/c1-2-3(10(4,5)6)11(7,8)9/h2H2,1H3,(H,4,5,6)(H,7,8,9). The fraction of sp³-hybridized carbons (Fsp3) is 1.00. The van der Waals surface area contributed by atoms with Gasteiger partial charge < -0.3 is 0 Å². The van der Waals surface area contributed by atoms with Gasteiger partial charge in [-0.25, -0.2) is 0 Å². The summed E-state index contributed by atoms with van der Waals surface area (Å²) < 4.78 is 56.5. The minimum Gasteiger partial charge on any atom is -0.273 e. The monoisotopic (exact) mass is 205 g/mol. The first kappa shape index (κ1) is 10.8. The summed E-state index contributed by atoms with van der Waals surface area (Å²) in [6.45, 7) is 0.583. The Hall–Kier alpha value is -0.220. The highest BCUT2D eigenvalue weighted by Gasteiger charge is 2.28. The zero-order valence-electron chi connectivity index (χ0n) is 5.50. The number of hydrogen-bond acceptors (Lipinski definition) is 4. The molecule has 0 unspecified atom stereocenters. The molecule has 0 aliphatic rings. The van der Waals surface area contributed by atoms with E-state index in [-0.39, 0.29) is 0 Å². The Kier molecular flexibility index (Phi) is 2.97. The SMILES string of the molecule is CCN(S(=O)(=O)O)S(=O)(=O)O.